The van der Waals surface area contributed by atoms with Crippen molar-refractivity contribution in [2.45, 2.75) is 31.0 Å². The third kappa shape index (κ3) is 3.47. The molecule has 1 saturated heterocycles. The van der Waals surface area contributed by atoms with Crippen LogP contribution in [0.2, 0.25) is 0 Å². The summed E-state index contributed by atoms with van der Waals surface area (Å²) in [5, 5.41) is 0. The molecule has 2 aromatic carbocycles. The number of sulfonamides is 1. The maximum atomic E-state index is 12.9. The van der Waals surface area contributed by atoms with E-state index in [2.05, 4.69) is 0 Å². The van der Waals surface area contributed by atoms with Crippen molar-refractivity contribution in [3.8, 4) is 0 Å². The first-order valence-electron chi connectivity index (χ1n) is 7.74. The van der Waals surface area contributed by atoms with Crippen molar-refractivity contribution >= 4 is 10.0 Å². The zero-order chi connectivity index (χ0) is 16.4. The van der Waals surface area contributed by atoms with Gasteiger partial charge in [-0.1, -0.05) is 48.0 Å². The number of morpholine rings is 1. The predicted octanol–water partition coefficient (Wildman–Crippen LogP) is 3.15. The largest absolute Gasteiger partial charge is 0.368 e. The van der Waals surface area contributed by atoms with Crippen molar-refractivity contribution in [1.82, 2.24) is 4.31 Å². The van der Waals surface area contributed by atoms with Gasteiger partial charge < -0.3 is 4.74 Å². The van der Waals surface area contributed by atoms with Crippen molar-refractivity contribution < 1.29 is 13.2 Å². The predicted molar refractivity (Wildman–Crippen MR) is 89.7 cm³/mol. The molecule has 2 atom stereocenters. The van der Waals surface area contributed by atoms with Crippen LogP contribution in [0.15, 0.2) is 59.5 Å². The van der Waals surface area contributed by atoms with Crippen LogP contribution in [0.25, 0.3) is 0 Å². The fourth-order valence-corrected chi connectivity index (χ4v) is 4.34. The molecule has 1 aliphatic rings. The summed E-state index contributed by atoms with van der Waals surface area (Å²) < 4.78 is 33.3. The van der Waals surface area contributed by atoms with E-state index in [1.807, 2.05) is 56.3 Å². The maximum absolute atomic E-state index is 12.9. The Bertz CT molecular complexity index is 757. The summed E-state index contributed by atoms with van der Waals surface area (Å²) in [4.78, 5) is 0.337. The topological polar surface area (TPSA) is 46.6 Å². The van der Waals surface area contributed by atoms with Crippen LogP contribution in [-0.2, 0) is 14.8 Å². The van der Waals surface area contributed by atoms with Gasteiger partial charge in [-0.25, -0.2) is 8.42 Å². The first-order chi connectivity index (χ1) is 11.0. The Morgan fingerprint density at radius 1 is 1.00 bits per heavy atom. The molecule has 0 saturated carbocycles. The van der Waals surface area contributed by atoms with Gasteiger partial charge in [-0.05, 0) is 31.5 Å². The molecule has 1 fully saturated rings. The average molecular weight is 331 g/mol. The lowest BCUT2D eigenvalue weighted by atomic mass is 10.1. The molecule has 0 bridgehead atoms. The van der Waals surface area contributed by atoms with Crippen LogP contribution in [0, 0.1) is 6.92 Å². The van der Waals surface area contributed by atoms with Crippen LogP contribution >= 0.6 is 0 Å². The highest BCUT2D eigenvalue weighted by molar-refractivity contribution is 7.89. The highest BCUT2D eigenvalue weighted by atomic mass is 32.2. The van der Waals surface area contributed by atoms with Crippen LogP contribution in [0.5, 0.6) is 0 Å². The lowest BCUT2D eigenvalue weighted by molar-refractivity contribution is -0.0557. The van der Waals surface area contributed by atoms with Gasteiger partial charge in [-0.2, -0.15) is 4.31 Å². The summed E-state index contributed by atoms with van der Waals surface area (Å²) in [7, 11) is -3.50. The van der Waals surface area contributed by atoms with E-state index in [4.69, 9.17) is 4.74 Å². The van der Waals surface area contributed by atoms with Crippen molar-refractivity contribution in [2.24, 2.45) is 0 Å². The first kappa shape index (κ1) is 16.2. The number of benzene rings is 2. The second kappa shape index (κ2) is 6.43. The number of hydrogen-bond acceptors (Lipinski definition) is 3. The maximum Gasteiger partial charge on any atom is 0.243 e. The quantitative estimate of drug-likeness (QED) is 0.868. The van der Waals surface area contributed by atoms with E-state index in [-0.39, 0.29) is 12.2 Å². The minimum Gasteiger partial charge on any atom is -0.368 e. The number of aryl methyl sites for hydroxylation is 1. The lowest BCUT2D eigenvalue weighted by Crippen LogP contribution is -2.45. The Morgan fingerprint density at radius 3 is 2.30 bits per heavy atom. The van der Waals surface area contributed by atoms with E-state index >= 15 is 0 Å². The Hall–Kier alpha value is -1.69. The molecule has 1 aliphatic heterocycles. The summed E-state index contributed by atoms with van der Waals surface area (Å²) >= 11 is 0. The summed E-state index contributed by atoms with van der Waals surface area (Å²) in [5.74, 6) is 0. The van der Waals surface area contributed by atoms with Crippen LogP contribution in [0.3, 0.4) is 0 Å². The zero-order valence-electron chi connectivity index (χ0n) is 13.3. The Morgan fingerprint density at radius 2 is 1.65 bits per heavy atom. The van der Waals surface area contributed by atoms with E-state index in [1.54, 1.807) is 12.1 Å². The molecule has 3 rings (SSSR count). The Labute approximate surface area is 137 Å². The zero-order valence-corrected chi connectivity index (χ0v) is 14.2. The normalized spacial score (nSPS) is 22.9. The summed E-state index contributed by atoms with van der Waals surface area (Å²) in [6.45, 7) is 4.56. The molecular weight excluding hydrogens is 310 g/mol. The van der Waals surface area contributed by atoms with Crippen molar-refractivity contribution in [3.63, 3.8) is 0 Å². The average Bonchev–Trinajstić information content (AvgIpc) is 2.55. The molecule has 2 aromatic rings. The number of nitrogens with zero attached hydrogens (tertiary/aromatic N) is 1. The number of ether oxygens (including phenoxy) is 1. The van der Waals surface area contributed by atoms with Crippen LogP contribution < -0.4 is 0 Å². The SMILES string of the molecule is Cc1ccc(S(=O)(=O)N2C[C@@H](C)O[C@@H](c3ccccc3)C2)cc1. The van der Waals surface area contributed by atoms with Gasteiger partial charge in [0.1, 0.15) is 0 Å². The van der Waals surface area contributed by atoms with Gasteiger partial charge in [0.15, 0.2) is 0 Å². The van der Waals surface area contributed by atoms with E-state index in [1.165, 1.54) is 4.31 Å². The van der Waals surface area contributed by atoms with E-state index in [9.17, 15) is 8.42 Å². The van der Waals surface area contributed by atoms with Crippen LogP contribution in [0.4, 0.5) is 0 Å². The fraction of sp³-hybridized carbons (Fsp3) is 0.333. The lowest BCUT2D eigenvalue weighted by Gasteiger charge is -2.36. The smallest absolute Gasteiger partial charge is 0.243 e. The van der Waals surface area contributed by atoms with Gasteiger partial charge in [0, 0.05) is 13.1 Å². The molecule has 0 amide bonds. The van der Waals surface area contributed by atoms with Gasteiger partial charge in [-0.15, -0.1) is 0 Å². The molecule has 4 nitrogen and oxygen atoms in total. The Balaban J connectivity index is 1.88. The molecule has 0 radical (unpaired) electrons. The minimum absolute atomic E-state index is 0.144. The van der Waals surface area contributed by atoms with Crippen LogP contribution in [0.1, 0.15) is 24.2 Å². The van der Waals surface area contributed by atoms with Crippen molar-refractivity contribution in [2.75, 3.05) is 13.1 Å². The van der Waals surface area contributed by atoms with Crippen molar-refractivity contribution in [1.29, 1.82) is 0 Å². The monoisotopic (exact) mass is 331 g/mol. The standard InChI is InChI=1S/C18H21NO3S/c1-14-8-10-17(11-9-14)23(20,21)19-12-15(2)22-18(13-19)16-6-4-3-5-7-16/h3-11,15,18H,12-13H2,1-2H3/t15-,18-/m1/s1. The first-order valence-corrected chi connectivity index (χ1v) is 9.18. The molecule has 5 heteroatoms. The van der Waals surface area contributed by atoms with Gasteiger partial charge >= 0.3 is 0 Å². The molecule has 0 aliphatic carbocycles. The van der Waals surface area contributed by atoms with Crippen molar-refractivity contribution in [3.05, 3.63) is 65.7 Å². The molecule has 0 aromatic heterocycles. The summed E-state index contributed by atoms with van der Waals surface area (Å²) in [6.07, 6.45) is -0.380. The second-order valence-electron chi connectivity index (χ2n) is 5.98. The summed E-state index contributed by atoms with van der Waals surface area (Å²) in [6, 6.07) is 16.8. The Kier molecular flexibility index (Phi) is 4.53. The van der Waals surface area contributed by atoms with Gasteiger partial charge in [0.05, 0.1) is 17.1 Å². The molecule has 0 N–H and O–H groups in total. The third-order valence-electron chi connectivity index (χ3n) is 4.06. The van der Waals surface area contributed by atoms with E-state index < -0.39 is 10.0 Å². The molecule has 122 valence electrons. The second-order valence-corrected chi connectivity index (χ2v) is 7.92. The van der Waals surface area contributed by atoms with Gasteiger partial charge in [0.25, 0.3) is 0 Å². The van der Waals surface area contributed by atoms with Gasteiger partial charge in [0.2, 0.25) is 10.0 Å². The molecule has 0 unspecified atom stereocenters. The molecule has 23 heavy (non-hydrogen) atoms. The number of hydrogen-bond donors (Lipinski definition) is 0. The molecular formula is C18H21NO3S. The van der Waals surface area contributed by atoms with Crippen LogP contribution in [-0.4, -0.2) is 31.9 Å². The van der Waals surface area contributed by atoms with E-state index in [0.29, 0.717) is 18.0 Å². The molecule has 0 spiro atoms. The highest BCUT2D eigenvalue weighted by Gasteiger charge is 2.34. The summed E-state index contributed by atoms with van der Waals surface area (Å²) in [5.41, 5.74) is 2.05. The third-order valence-corrected chi connectivity index (χ3v) is 5.90. The van der Waals surface area contributed by atoms with Gasteiger partial charge in [-0.3, -0.25) is 0 Å². The van der Waals surface area contributed by atoms with E-state index in [0.717, 1.165) is 11.1 Å². The highest BCUT2D eigenvalue weighted by Crippen LogP contribution is 2.29. The minimum atomic E-state index is -3.50. The molecule has 1 heterocycles. The number of rotatable bonds is 3. The fourth-order valence-electron chi connectivity index (χ4n) is 2.82.